The fourth-order valence-corrected chi connectivity index (χ4v) is 3.21. The number of amides is 1. The topological polar surface area (TPSA) is 183 Å². The molecule has 0 saturated carbocycles. The minimum absolute atomic E-state index is 0.113. The second-order valence-electron chi connectivity index (χ2n) is 7.68. The maximum Gasteiger partial charge on any atom is 0.248 e. The molecule has 1 atom stereocenters. The molecule has 2 heterocycles. The van der Waals surface area contributed by atoms with Crippen LogP contribution < -0.4 is 26.8 Å². The number of halogens is 1. The van der Waals surface area contributed by atoms with Crippen molar-refractivity contribution in [1.29, 1.82) is 0 Å². The molecular weight excluding hydrogens is 483 g/mol. The molecule has 1 fully saturated rings. The average Bonchev–Trinajstić information content (AvgIpc) is 3.44. The largest absolute Gasteiger partial charge is 0.507 e. The molecule has 196 valence electrons. The fourth-order valence-electron chi connectivity index (χ4n) is 3.21. The summed E-state index contributed by atoms with van der Waals surface area (Å²) in [6.07, 6.45) is 3.35. The van der Waals surface area contributed by atoms with E-state index in [9.17, 15) is 23.9 Å². The maximum absolute atomic E-state index is 14.1. The number of benzene rings is 2. The molecule has 1 aliphatic rings. The van der Waals surface area contributed by atoms with E-state index >= 15 is 0 Å². The number of hydrogen-bond acceptors (Lipinski definition) is 10. The second kappa shape index (κ2) is 14.2. The molecule has 1 saturated heterocycles. The zero-order valence-electron chi connectivity index (χ0n) is 20.4. The van der Waals surface area contributed by atoms with E-state index in [0.717, 1.165) is 12.6 Å². The molecule has 12 heteroatoms. The van der Waals surface area contributed by atoms with Gasteiger partial charge in [-0.25, -0.2) is 14.4 Å². The Morgan fingerprint density at radius 1 is 1.19 bits per heavy atom. The minimum Gasteiger partial charge on any atom is -0.507 e. The molecule has 3 aromatic rings. The molecule has 0 aliphatic carbocycles. The molecule has 1 unspecified atom stereocenters. The van der Waals surface area contributed by atoms with Crippen LogP contribution in [0, 0.1) is 5.82 Å². The number of ether oxygens (including phenoxy) is 1. The Morgan fingerprint density at radius 3 is 2.32 bits per heavy atom. The number of carbonyl (C=O) groups excluding carboxylic acids is 3. The number of nitrogens with zero attached hydrogens (tertiary/aromatic N) is 2. The summed E-state index contributed by atoms with van der Waals surface area (Å²) in [4.78, 5) is 40.4. The Bertz CT molecular complexity index is 1220. The Balaban J connectivity index is 0.000000244. The molecule has 37 heavy (non-hydrogen) atoms. The van der Waals surface area contributed by atoms with Gasteiger partial charge in [0.05, 0.1) is 7.11 Å². The number of ketones is 1. The number of methoxy groups -OCH3 is 1. The number of aromatic nitrogens is 2. The molecule has 0 bridgehead atoms. The Labute approximate surface area is 213 Å². The first-order valence-electron chi connectivity index (χ1n) is 11.1. The molecule has 7 N–H and O–H groups in total. The number of hydrogen-bond donors (Lipinski definition) is 5. The smallest absolute Gasteiger partial charge is 0.248 e. The first-order valence-corrected chi connectivity index (χ1v) is 11.1. The molecule has 1 aliphatic heterocycles. The molecule has 4 rings (SSSR count). The lowest BCUT2D eigenvalue weighted by atomic mass is 10.00. The van der Waals surface area contributed by atoms with E-state index in [1.807, 2.05) is 7.05 Å². The standard InChI is InChI=1S/C15H12FNO4.C5H5N3O.C5H12N2/c1-21-11-7-6-10(18)12(13(11)16)14(19)8-2-4-9(5-3-8)15(17)20;6-5-7-2-1-4(3-9)8-5;1-6-5-2-3-7-4-5/h2-7,18H,1H3,(H2,17,20);1-3H,(H2,6,7,8);5-7H,2-4H2,1H3. The van der Waals surface area contributed by atoms with E-state index in [4.69, 9.17) is 16.2 Å². The van der Waals surface area contributed by atoms with Crippen molar-refractivity contribution in [3.63, 3.8) is 0 Å². The van der Waals surface area contributed by atoms with Crippen LogP contribution in [0.15, 0.2) is 48.7 Å². The van der Waals surface area contributed by atoms with Crippen LogP contribution in [-0.4, -0.2) is 66.3 Å². The monoisotopic (exact) mass is 512 g/mol. The lowest BCUT2D eigenvalue weighted by Crippen LogP contribution is -2.26. The normalized spacial score (nSPS) is 13.9. The molecular formula is C25H29FN6O5. The maximum atomic E-state index is 14.1. The van der Waals surface area contributed by atoms with Crippen LogP contribution in [0.25, 0.3) is 0 Å². The number of aldehydes is 1. The number of aromatic hydroxyl groups is 1. The lowest BCUT2D eigenvalue weighted by molar-refractivity contribution is 0.0995. The first-order chi connectivity index (χ1) is 17.7. The molecule has 1 aromatic heterocycles. The molecule has 0 radical (unpaired) electrons. The van der Waals surface area contributed by atoms with Crippen molar-refractivity contribution in [2.24, 2.45) is 5.73 Å². The van der Waals surface area contributed by atoms with Gasteiger partial charge in [0.1, 0.15) is 17.0 Å². The van der Waals surface area contributed by atoms with Gasteiger partial charge < -0.3 is 31.9 Å². The van der Waals surface area contributed by atoms with E-state index < -0.39 is 28.8 Å². The van der Waals surface area contributed by atoms with Gasteiger partial charge in [0.25, 0.3) is 0 Å². The number of anilines is 1. The van der Waals surface area contributed by atoms with Crippen molar-refractivity contribution in [1.82, 2.24) is 20.6 Å². The summed E-state index contributed by atoms with van der Waals surface area (Å²) in [6, 6.07) is 9.99. The number of phenolic OH excluding ortho intramolecular Hbond substituents is 1. The SMILES string of the molecule is CNC1CCNC1.COc1ccc(O)c(C(=O)c2ccc(C(N)=O)cc2)c1F.Nc1nccc(C=O)n1. The van der Waals surface area contributed by atoms with Crippen molar-refractivity contribution in [3.05, 3.63) is 76.9 Å². The van der Waals surface area contributed by atoms with Gasteiger partial charge in [-0.3, -0.25) is 14.4 Å². The summed E-state index contributed by atoms with van der Waals surface area (Å²) in [6.45, 7) is 2.34. The zero-order chi connectivity index (χ0) is 27.4. The van der Waals surface area contributed by atoms with Gasteiger partial charge in [0, 0.05) is 29.9 Å². The molecule has 1 amide bonds. The Hall–Kier alpha value is -4.42. The summed E-state index contributed by atoms with van der Waals surface area (Å²) in [5.41, 5.74) is 10.4. The van der Waals surface area contributed by atoms with Gasteiger partial charge in [-0.1, -0.05) is 12.1 Å². The van der Waals surface area contributed by atoms with Crippen molar-refractivity contribution < 1.29 is 28.6 Å². The van der Waals surface area contributed by atoms with Crippen molar-refractivity contribution in [2.45, 2.75) is 12.5 Å². The number of carbonyl (C=O) groups is 3. The third-order valence-electron chi connectivity index (χ3n) is 5.25. The summed E-state index contributed by atoms with van der Waals surface area (Å²) in [5, 5.41) is 16.2. The lowest BCUT2D eigenvalue weighted by Gasteiger charge is -2.09. The second-order valence-corrected chi connectivity index (χ2v) is 7.68. The zero-order valence-corrected chi connectivity index (χ0v) is 20.4. The highest BCUT2D eigenvalue weighted by Gasteiger charge is 2.22. The van der Waals surface area contributed by atoms with Crippen LogP contribution in [0.5, 0.6) is 11.5 Å². The van der Waals surface area contributed by atoms with Crippen LogP contribution in [0.4, 0.5) is 10.3 Å². The fraction of sp³-hybridized carbons (Fsp3) is 0.240. The van der Waals surface area contributed by atoms with Crippen molar-refractivity contribution in [3.8, 4) is 11.5 Å². The summed E-state index contributed by atoms with van der Waals surface area (Å²) in [5.74, 6) is -2.81. The Morgan fingerprint density at radius 2 is 1.86 bits per heavy atom. The Kier molecular flexibility index (Phi) is 11.1. The number of nitrogen functional groups attached to an aromatic ring is 1. The van der Waals surface area contributed by atoms with E-state index in [1.54, 1.807) is 0 Å². The quantitative estimate of drug-likeness (QED) is 0.238. The van der Waals surface area contributed by atoms with E-state index in [2.05, 4.69) is 20.6 Å². The predicted molar refractivity (Wildman–Crippen MR) is 135 cm³/mol. The van der Waals surface area contributed by atoms with Gasteiger partial charge in [0.2, 0.25) is 11.9 Å². The van der Waals surface area contributed by atoms with Gasteiger partial charge in [-0.2, -0.15) is 0 Å². The van der Waals surface area contributed by atoms with E-state index in [-0.39, 0.29) is 22.8 Å². The van der Waals surface area contributed by atoms with Gasteiger partial charge in [-0.05, 0) is 50.3 Å². The summed E-state index contributed by atoms with van der Waals surface area (Å²) >= 11 is 0. The van der Waals surface area contributed by atoms with Crippen molar-refractivity contribution >= 4 is 23.9 Å². The molecule has 11 nitrogen and oxygen atoms in total. The number of nitrogens with two attached hydrogens (primary N) is 2. The van der Waals surface area contributed by atoms with Crippen LogP contribution in [-0.2, 0) is 0 Å². The summed E-state index contributed by atoms with van der Waals surface area (Å²) < 4.78 is 18.9. The van der Waals surface area contributed by atoms with Crippen LogP contribution in [0.3, 0.4) is 0 Å². The van der Waals surface area contributed by atoms with Gasteiger partial charge in [-0.15, -0.1) is 0 Å². The molecule has 2 aromatic carbocycles. The van der Waals surface area contributed by atoms with Crippen LogP contribution in [0.1, 0.15) is 43.2 Å². The number of nitrogens with one attached hydrogen (secondary N) is 2. The molecule has 0 spiro atoms. The number of primary amides is 1. The van der Waals surface area contributed by atoms with E-state index in [1.165, 1.54) is 68.7 Å². The van der Waals surface area contributed by atoms with Gasteiger partial charge in [0.15, 0.2) is 23.6 Å². The number of likely N-dealkylation sites (N-methyl/N-ethyl adjacent to an activating group) is 1. The van der Waals surface area contributed by atoms with Crippen LogP contribution in [0.2, 0.25) is 0 Å². The van der Waals surface area contributed by atoms with Crippen molar-refractivity contribution in [2.75, 3.05) is 33.0 Å². The third-order valence-corrected chi connectivity index (χ3v) is 5.25. The third kappa shape index (κ3) is 8.33. The highest BCUT2D eigenvalue weighted by molar-refractivity contribution is 6.11. The summed E-state index contributed by atoms with van der Waals surface area (Å²) in [7, 11) is 3.27. The predicted octanol–water partition coefficient (Wildman–Crippen LogP) is 1.31. The first kappa shape index (κ1) is 28.8. The highest BCUT2D eigenvalue weighted by Crippen LogP contribution is 2.30. The van der Waals surface area contributed by atoms with Gasteiger partial charge >= 0.3 is 0 Å². The number of phenols is 1. The number of rotatable bonds is 6. The van der Waals surface area contributed by atoms with E-state index in [0.29, 0.717) is 12.0 Å². The average molecular weight is 513 g/mol. The van der Waals surface area contributed by atoms with Crippen LogP contribution >= 0.6 is 0 Å². The minimum atomic E-state index is -0.943. The highest BCUT2D eigenvalue weighted by atomic mass is 19.1.